The summed E-state index contributed by atoms with van der Waals surface area (Å²) in [7, 11) is 0. The highest BCUT2D eigenvalue weighted by molar-refractivity contribution is 6.06. The van der Waals surface area contributed by atoms with Crippen molar-refractivity contribution in [1.82, 2.24) is 10.3 Å². The van der Waals surface area contributed by atoms with Gasteiger partial charge in [-0.3, -0.25) is 9.78 Å². The lowest BCUT2D eigenvalue weighted by atomic mass is 10.1. The Kier molecular flexibility index (Phi) is 4.15. The number of amides is 1. The normalized spacial score (nSPS) is 10.6. The monoisotopic (exact) mass is 290 g/mol. The van der Waals surface area contributed by atoms with Crippen LogP contribution in [-0.4, -0.2) is 17.4 Å². The zero-order chi connectivity index (χ0) is 15.4. The number of rotatable bonds is 4. The fraction of sp³-hybridized carbons (Fsp3) is 0.158. The molecule has 0 saturated heterocycles. The molecule has 2 aromatic carbocycles. The summed E-state index contributed by atoms with van der Waals surface area (Å²) >= 11 is 0. The molecular weight excluding hydrogens is 272 g/mol. The van der Waals surface area contributed by atoms with Crippen LogP contribution in [0.3, 0.4) is 0 Å². The van der Waals surface area contributed by atoms with Crippen LogP contribution >= 0.6 is 0 Å². The number of fused-ring (bicyclic) bond motifs is 1. The lowest BCUT2D eigenvalue weighted by molar-refractivity contribution is 0.0956. The van der Waals surface area contributed by atoms with E-state index in [0.29, 0.717) is 12.1 Å². The first-order chi connectivity index (χ1) is 10.8. The van der Waals surface area contributed by atoms with Gasteiger partial charge in [0.25, 0.3) is 5.91 Å². The number of carbonyl (C=O) groups excluding carboxylic acids is 1. The maximum Gasteiger partial charge on any atom is 0.251 e. The molecule has 22 heavy (non-hydrogen) atoms. The van der Waals surface area contributed by atoms with E-state index in [1.54, 1.807) is 6.20 Å². The van der Waals surface area contributed by atoms with Gasteiger partial charge in [-0.25, -0.2) is 0 Å². The number of benzene rings is 2. The van der Waals surface area contributed by atoms with Crippen molar-refractivity contribution in [1.29, 1.82) is 0 Å². The topological polar surface area (TPSA) is 42.0 Å². The van der Waals surface area contributed by atoms with Gasteiger partial charge >= 0.3 is 0 Å². The van der Waals surface area contributed by atoms with E-state index in [9.17, 15) is 4.79 Å². The summed E-state index contributed by atoms with van der Waals surface area (Å²) in [5.41, 5.74) is 4.04. The van der Waals surface area contributed by atoms with Gasteiger partial charge in [-0.15, -0.1) is 0 Å². The Hall–Kier alpha value is -2.68. The van der Waals surface area contributed by atoms with Gasteiger partial charge in [-0.2, -0.15) is 0 Å². The zero-order valence-electron chi connectivity index (χ0n) is 12.5. The molecule has 0 aliphatic rings. The van der Waals surface area contributed by atoms with Crippen LogP contribution < -0.4 is 5.32 Å². The third kappa shape index (κ3) is 2.98. The van der Waals surface area contributed by atoms with Gasteiger partial charge in [-0.1, -0.05) is 36.4 Å². The number of aryl methyl sites for hydroxylation is 1. The van der Waals surface area contributed by atoms with Crippen LogP contribution in [0.5, 0.6) is 0 Å². The summed E-state index contributed by atoms with van der Waals surface area (Å²) in [6.45, 7) is 2.72. The molecule has 0 fully saturated rings. The Bertz CT molecular complexity index is 806. The Labute approximate surface area is 130 Å². The second-order valence-electron chi connectivity index (χ2n) is 5.31. The minimum atomic E-state index is -0.0489. The molecule has 0 saturated carbocycles. The van der Waals surface area contributed by atoms with E-state index in [1.165, 1.54) is 11.1 Å². The maximum atomic E-state index is 12.4. The quantitative estimate of drug-likeness (QED) is 0.799. The molecule has 0 spiro atoms. The van der Waals surface area contributed by atoms with Crippen molar-refractivity contribution in [3.8, 4) is 0 Å². The fourth-order valence-electron chi connectivity index (χ4n) is 2.60. The first-order valence-corrected chi connectivity index (χ1v) is 7.42. The first kappa shape index (κ1) is 14.3. The highest BCUT2D eigenvalue weighted by Crippen LogP contribution is 2.16. The summed E-state index contributed by atoms with van der Waals surface area (Å²) in [6.07, 6.45) is 2.57. The summed E-state index contributed by atoms with van der Waals surface area (Å²) < 4.78 is 0. The summed E-state index contributed by atoms with van der Waals surface area (Å²) in [4.78, 5) is 16.7. The molecule has 3 heteroatoms. The standard InChI is InChI=1S/C19H18N2O/c1-14-6-2-3-7-15(14)11-13-21-19(22)17-8-4-10-18-16(17)9-5-12-20-18/h2-10,12H,11,13H2,1H3,(H,21,22). The molecule has 1 N–H and O–H groups in total. The van der Waals surface area contributed by atoms with E-state index in [1.807, 2.05) is 42.5 Å². The van der Waals surface area contributed by atoms with Crippen molar-refractivity contribution >= 4 is 16.8 Å². The highest BCUT2D eigenvalue weighted by Gasteiger charge is 2.09. The molecule has 0 unspecified atom stereocenters. The van der Waals surface area contributed by atoms with Crippen molar-refractivity contribution in [2.45, 2.75) is 13.3 Å². The predicted molar refractivity (Wildman–Crippen MR) is 89.0 cm³/mol. The summed E-state index contributed by atoms with van der Waals surface area (Å²) in [5, 5.41) is 3.89. The SMILES string of the molecule is Cc1ccccc1CCNC(=O)c1cccc2ncccc12. The molecule has 3 aromatic rings. The molecule has 1 amide bonds. The molecule has 0 bridgehead atoms. The van der Waals surface area contributed by atoms with E-state index in [2.05, 4.69) is 29.4 Å². The number of hydrogen-bond acceptors (Lipinski definition) is 2. The van der Waals surface area contributed by atoms with Crippen molar-refractivity contribution < 1.29 is 4.79 Å². The molecule has 3 rings (SSSR count). The van der Waals surface area contributed by atoms with Crippen molar-refractivity contribution in [3.05, 3.63) is 77.5 Å². The third-order valence-electron chi connectivity index (χ3n) is 3.83. The molecule has 0 aliphatic heterocycles. The largest absolute Gasteiger partial charge is 0.352 e. The Morgan fingerprint density at radius 3 is 2.77 bits per heavy atom. The average molecular weight is 290 g/mol. The van der Waals surface area contributed by atoms with Crippen LogP contribution in [0.1, 0.15) is 21.5 Å². The average Bonchev–Trinajstić information content (AvgIpc) is 2.56. The molecular formula is C19H18N2O. The number of nitrogens with one attached hydrogen (secondary N) is 1. The number of nitrogens with zero attached hydrogens (tertiary/aromatic N) is 1. The molecule has 0 atom stereocenters. The van der Waals surface area contributed by atoms with Crippen LogP contribution in [0, 0.1) is 6.92 Å². The molecule has 0 radical (unpaired) electrons. The minimum Gasteiger partial charge on any atom is -0.352 e. The zero-order valence-corrected chi connectivity index (χ0v) is 12.5. The van der Waals surface area contributed by atoms with E-state index < -0.39 is 0 Å². The van der Waals surface area contributed by atoms with Crippen LogP contribution in [0.4, 0.5) is 0 Å². The summed E-state index contributed by atoms with van der Waals surface area (Å²) in [6, 6.07) is 17.7. The number of aromatic nitrogens is 1. The van der Waals surface area contributed by atoms with E-state index in [4.69, 9.17) is 0 Å². The third-order valence-corrected chi connectivity index (χ3v) is 3.83. The summed E-state index contributed by atoms with van der Waals surface area (Å²) in [5.74, 6) is -0.0489. The lowest BCUT2D eigenvalue weighted by Crippen LogP contribution is -2.26. The van der Waals surface area contributed by atoms with Gasteiger partial charge in [0.2, 0.25) is 0 Å². The van der Waals surface area contributed by atoms with Crippen LogP contribution in [0.2, 0.25) is 0 Å². The predicted octanol–water partition coefficient (Wildman–Crippen LogP) is 3.52. The Morgan fingerprint density at radius 2 is 1.91 bits per heavy atom. The van der Waals surface area contributed by atoms with Gasteiger partial charge in [0.1, 0.15) is 0 Å². The van der Waals surface area contributed by atoms with Crippen LogP contribution in [-0.2, 0) is 6.42 Å². The first-order valence-electron chi connectivity index (χ1n) is 7.42. The Balaban J connectivity index is 1.70. The van der Waals surface area contributed by atoms with Gasteiger partial charge in [0.05, 0.1) is 5.52 Å². The molecule has 1 aromatic heterocycles. The molecule has 1 heterocycles. The van der Waals surface area contributed by atoms with Crippen LogP contribution in [0.25, 0.3) is 10.9 Å². The highest BCUT2D eigenvalue weighted by atomic mass is 16.1. The molecule has 0 aliphatic carbocycles. The second kappa shape index (κ2) is 6.39. The van der Waals surface area contributed by atoms with Gasteiger partial charge < -0.3 is 5.32 Å². The van der Waals surface area contributed by atoms with Crippen molar-refractivity contribution in [2.75, 3.05) is 6.54 Å². The smallest absolute Gasteiger partial charge is 0.251 e. The van der Waals surface area contributed by atoms with Crippen LogP contribution in [0.15, 0.2) is 60.8 Å². The molecule has 110 valence electrons. The van der Waals surface area contributed by atoms with Gasteiger partial charge in [0, 0.05) is 23.7 Å². The van der Waals surface area contributed by atoms with Gasteiger partial charge in [0.15, 0.2) is 0 Å². The fourth-order valence-corrected chi connectivity index (χ4v) is 2.60. The van der Waals surface area contributed by atoms with Gasteiger partial charge in [-0.05, 0) is 42.7 Å². The number of pyridine rings is 1. The van der Waals surface area contributed by atoms with Crippen molar-refractivity contribution in [3.63, 3.8) is 0 Å². The van der Waals surface area contributed by atoms with Crippen molar-refractivity contribution in [2.24, 2.45) is 0 Å². The number of carbonyl (C=O) groups is 1. The van der Waals surface area contributed by atoms with E-state index >= 15 is 0 Å². The maximum absolute atomic E-state index is 12.4. The Morgan fingerprint density at radius 1 is 1.05 bits per heavy atom. The van der Waals surface area contributed by atoms with E-state index in [0.717, 1.165) is 17.3 Å². The van der Waals surface area contributed by atoms with E-state index in [-0.39, 0.29) is 5.91 Å². The number of hydrogen-bond donors (Lipinski definition) is 1. The molecule has 3 nitrogen and oxygen atoms in total. The minimum absolute atomic E-state index is 0.0489. The second-order valence-corrected chi connectivity index (χ2v) is 5.31. The lowest BCUT2D eigenvalue weighted by Gasteiger charge is -2.09.